The third-order valence-electron chi connectivity index (χ3n) is 3.47. The van der Waals surface area contributed by atoms with Crippen molar-refractivity contribution in [1.29, 1.82) is 0 Å². The number of aryl methyl sites for hydroxylation is 1. The molecular weight excluding hydrogens is 286 g/mol. The summed E-state index contributed by atoms with van der Waals surface area (Å²) in [4.78, 5) is 14.1. The van der Waals surface area contributed by atoms with Crippen molar-refractivity contribution in [3.05, 3.63) is 22.4 Å². The number of rotatable bonds is 7. The van der Waals surface area contributed by atoms with Crippen molar-refractivity contribution in [2.45, 2.75) is 32.8 Å². The predicted octanol–water partition coefficient (Wildman–Crippen LogP) is 2.58. The van der Waals surface area contributed by atoms with Gasteiger partial charge >= 0.3 is 5.97 Å². The normalized spacial score (nSPS) is 19.9. The average molecular weight is 311 g/mol. The molecule has 1 aliphatic rings. The van der Waals surface area contributed by atoms with Crippen LogP contribution in [0.5, 0.6) is 0 Å². The number of thiophene rings is 1. The van der Waals surface area contributed by atoms with Gasteiger partial charge in [0.05, 0.1) is 6.61 Å². The maximum Gasteiger partial charge on any atom is 0.306 e. The van der Waals surface area contributed by atoms with Gasteiger partial charge in [0.2, 0.25) is 0 Å². The second-order valence-corrected chi connectivity index (χ2v) is 6.74. The zero-order valence-corrected chi connectivity index (χ0v) is 13.7. The van der Waals surface area contributed by atoms with Gasteiger partial charge in [-0.05, 0) is 34.7 Å². The van der Waals surface area contributed by atoms with Gasteiger partial charge in [0.15, 0.2) is 0 Å². The molecule has 4 nitrogen and oxygen atoms in total. The van der Waals surface area contributed by atoms with Crippen LogP contribution in [-0.4, -0.2) is 49.8 Å². The first-order chi connectivity index (χ1) is 10.1. The molecule has 1 saturated heterocycles. The molecule has 2 heterocycles. The molecule has 1 aliphatic heterocycles. The van der Waals surface area contributed by atoms with Gasteiger partial charge in [0.1, 0.15) is 12.7 Å². The number of carbonyl (C=O) groups excluding carboxylic acids is 1. The summed E-state index contributed by atoms with van der Waals surface area (Å²) in [5, 5.41) is 4.10. The molecule has 0 N–H and O–H groups in total. The zero-order chi connectivity index (χ0) is 15.1. The molecule has 1 fully saturated rings. The van der Waals surface area contributed by atoms with Gasteiger partial charge in [-0.25, -0.2) is 0 Å². The molecule has 1 atom stereocenters. The Bertz CT molecular complexity index is 419. The van der Waals surface area contributed by atoms with Crippen molar-refractivity contribution >= 4 is 17.3 Å². The van der Waals surface area contributed by atoms with E-state index in [1.807, 2.05) is 11.4 Å². The Labute approximate surface area is 131 Å². The highest BCUT2D eigenvalue weighted by molar-refractivity contribution is 7.07. The summed E-state index contributed by atoms with van der Waals surface area (Å²) >= 11 is 1.65. The van der Waals surface area contributed by atoms with E-state index >= 15 is 0 Å². The molecule has 0 bridgehead atoms. The summed E-state index contributed by atoms with van der Waals surface area (Å²) in [5.74, 6) is 0.516. The van der Waals surface area contributed by atoms with Crippen LogP contribution < -0.4 is 0 Å². The van der Waals surface area contributed by atoms with Crippen molar-refractivity contribution in [3.8, 4) is 0 Å². The highest BCUT2D eigenvalue weighted by Gasteiger charge is 2.22. The number of esters is 1. The Hall–Kier alpha value is -0.910. The third-order valence-corrected chi connectivity index (χ3v) is 4.21. The lowest BCUT2D eigenvalue weighted by atomic mass is 10.2. The Kier molecular flexibility index (Phi) is 6.67. The molecule has 1 aromatic rings. The molecule has 5 heteroatoms. The molecule has 2 rings (SSSR count). The van der Waals surface area contributed by atoms with Crippen molar-refractivity contribution < 1.29 is 14.3 Å². The topological polar surface area (TPSA) is 38.8 Å². The molecule has 0 aromatic carbocycles. The van der Waals surface area contributed by atoms with Crippen molar-refractivity contribution in [1.82, 2.24) is 4.90 Å². The maximum atomic E-state index is 11.8. The van der Waals surface area contributed by atoms with Gasteiger partial charge in [0.25, 0.3) is 0 Å². The smallest absolute Gasteiger partial charge is 0.306 e. The fraction of sp³-hybridized carbons (Fsp3) is 0.688. The van der Waals surface area contributed by atoms with Crippen molar-refractivity contribution in [2.24, 2.45) is 5.92 Å². The fourth-order valence-corrected chi connectivity index (χ4v) is 3.21. The molecule has 0 radical (unpaired) electrons. The first-order valence-electron chi connectivity index (χ1n) is 7.64. The number of morpholine rings is 1. The van der Waals surface area contributed by atoms with E-state index < -0.39 is 0 Å². The van der Waals surface area contributed by atoms with Crippen LogP contribution in [0.15, 0.2) is 16.8 Å². The second-order valence-electron chi connectivity index (χ2n) is 5.96. The number of hydrogen-bond acceptors (Lipinski definition) is 5. The average Bonchev–Trinajstić information content (AvgIpc) is 2.96. The van der Waals surface area contributed by atoms with Gasteiger partial charge in [0, 0.05) is 26.1 Å². The van der Waals surface area contributed by atoms with Gasteiger partial charge in [-0.3, -0.25) is 9.69 Å². The molecule has 0 saturated carbocycles. The molecule has 0 spiro atoms. The van der Waals surface area contributed by atoms with Gasteiger partial charge in [-0.1, -0.05) is 13.8 Å². The number of hydrogen-bond donors (Lipinski definition) is 0. The van der Waals surface area contributed by atoms with E-state index in [2.05, 4.69) is 24.1 Å². The summed E-state index contributed by atoms with van der Waals surface area (Å²) in [5.41, 5.74) is 1.20. The number of carbonyl (C=O) groups is 1. The SMILES string of the molecule is CC(C)CN1CCOC(COC(=O)CCc2ccsc2)C1. The monoisotopic (exact) mass is 311 g/mol. The van der Waals surface area contributed by atoms with E-state index in [1.54, 1.807) is 11.3 Å². The lowest BCUT2D eigenvalue weighted by Gasteiger charge is -2.33. The highest BCUT2D eigenvalue weighted by atomic mass is 32.1. The maximum absolute atomic E-state index is 11.8. The number of ether oxygens (including phenoxy) is 2. The molecule has 0 amide bonds. The Morgan fingerprint density at radius 2 is 2.43 bits per heavy atom. The van der Waals surface area contributed by atoms with Crippen LogP contribution in [0.3, 0.4) is 0 Å². The lowest BCUT2D eigenvalue weighted by molar-refractivity contribution is -0.150. The predicted molar refractivity (Wildman–Crippen MR) is 84.6 cm³/mol. The van der Waals surface area contributed by atoms with Gasteiger partial charge in [-0.2, -0.15) is 11.3 Å². The highest BCUT2D eigenvalue weighted by Crippen LogP contribution is 2.11. The first-order valence-corrected chi connectivity index (χ1v) is 8.58. The quantitative estimate of drug-likeness (QED) is 0.726. The van der Waals surface area contributed by atoms with Crippen LogP contribution in [-0.2, 0) is 20.7 Å². The molecular formula is C16H25NO3S. The molecule has 21 heavy (non-hydrogen) atoms. The van der Waals surface area contributed by atoms with Crippen molar-refractivity contribution in [3.63, 3.8) is 0 Å². The van der Waals surface area contributed by atoms with Crippen LogP contribution in [0.25, 0.3) is 0 Å². The Morgan fingerprint density at radius 1 is 1.57 bits per heavy atom. The third kappa shape index (κ3) is 6.16. The Morgan fingerprint density at radius 3 is 3.14 bits per heavy atom. The summed E-state index contributed by atoms with van der Waals surface area (Å²) in [6.45, 7) is 8.44. The van der Waals surface area contributed by atoms with E-state index in [-0.39, 0.29) is 12.1 Å². The summed E-state index contributed by atoms with van der Waals surface area (Å²) in [6, 6.07) is 2.05. The molecule has 1 aromatic heterocycles. The molecule has 118 valence electrons. The summed E-state index contributed by atoms with van der Waals surface area (Å²) in [7, 11) is 0. The fourth-order valence-electron chi connectivity index (χ4n) is 2.50. The first kappa shape index (κ1) is 16.5. The minimum absolute atomic E-state index is 0.0163. The van der Waals surface area contributed by atoms with E-state index in [4.69, 9.17) is 9.47 Å². The molecule has 0 aliphatic carbocycles. The standard InChI is InChI=1S/C16H25NO3S/c1-13(2)9-17-6-7-19-15(10-17)11-20-16(18)4-3-14-5-8-21-12-14/h5,8,12-13,15H,3-4,6-7,9-11H2,1-2H3. The van der Waals surface area contributed by atoms with E-state index in [0.717, 1.165) is 32.7 Å². The minimum atomic E-state index is -0.134. The molecule has 1 unspecified atom stereocenters. The lowest BCUT2D eigenvalue weighted by Crippen LogP contribution is -2.45. The zero-order valence-electron chi connectivity index (χ0n) is 12.9. The van der Waals surface area contributed by atoms with Crippen LogP contribution in [0, 0.1) is 5.92 Å². The van der Waals surface area contributed by atoms with E-state index in [9.17, 15) is 4.79 Å². The van der Waals surface area contributed by atoms with Crippen LogP contribution in [0.2, 0.25) is 0 Å². The Balaban J connectivity index is 1.63. The van der Waals surface area contributed by atoms with E-state index in [1.165, 1.54) is 5.56 Å². The van der Waals surface area contributed by atoms with Crippen LogP contribution in [0.1, 0.15) is 25.8 Å². The summed E-state index contributed by atoms with van der Waals surface area (Å²) < 4.78 is 11.0. The second kappa shape index (κ2) is 8.51. The largest absolute Gasteiger partial charge is 0.463 e. The number of nitrogens with zero attached hydrogens (tertiary/aromatic N) is 1. The van der Waals surface area contributed by atoms with Gasteiger partial charge in [-0.15, -0.1) is 0 Å². The van der Waals surface area contributed by atoms with Crippen LogP contribution >= 0.6 is 11.3 Å². The van der Waals surface area contributed by atoms with Crippen molar-refractivity contribution in [2.75, 3.05) is 32.8 Å². The minimum Gasteiger partial charge on any atom is -0.463 e. The van der Waals surface area contributed by atoms with E-state index in [0.29, 0.717) is 18.9 Å². The van der Waals surface area contributed by atoms with Crippen LogP contribution in [0.4, 0.5) is 0 Å². The van der Waals surface area contributed by atoms with Gasteiger partial charge < -0.3 is 9.47 Å². The summed E-state index contributed by atoms with van der Waals surface area (Å²) in [6.07, 6.45) is 1.22.